The van der Waals surface area contributed by atoms with Crippen molar-refractivity contribution in [1.29, 1.82) is 0 Å². The molecule has 198 valence electrons. The minimum Gasteiger partial charge on any atom is -0.388 e. The Hall–Kier alpha value is -0.240. The van der Waals surface area contributed by atoms with Crippen LogP contribution >= 0.6 is 0 Å². The summed E-state index contributed by atoms with van der Waals surface area (Å²) in [6.07, 6.45) is 1.57. The molecule has 0 aromatic heterocycles. The highest BCUT2D eigenvalue weighted by Gasteiger charge is 2.49. The van der Waals surface area contributed by atoms with Crippen molar-refractivity contribution in [2.24, 2.45) is 17.8 Å². The highest BCUT2D eigenvalue weighted by atomic mass is 16.5. The quantitative estimate of drug-likeness (QED) is 0.370. The maximum atomic E-state index is 10.3. The standard InChI is InChI=1S/C27H54O6/c1-13-31-26(9,10)15-21(27(11,12)33-18-24(5,6)29)22-20(19(2)16-30-22)14-25(7,8)32-17-23(3,4)28/h19-22,28-29H,13-18H2,1-12H3. The smallest absolute Gasteiger partial charge is 0.0824 e. The highest BCUT2D eigenvalue weighted by molar-refractivity contribution is 4.98. The number of hydrogen-bond acceptors (Lipinski definition) is 6. The fraction of sp³-hybridized carbons (Fsp3) is 1.00. The Balaban J connectivity index is 3.19. The third kappa shape index (κ3) is 10.9. The first-order valence-corrected chi connectivity index (χ1v) is 12.7. The predicted octanol–water partition coefficient (Wildman–Crippen LogP) is 4.98. The van der Waals surface area contributed by atoms with Crippen LogP contribution in [0.15, 0.2) is 0 Å². The van der Waals surface area contributed by atoms with Crippen LogP contribution in [-0.2, 0) is 18.9 Å². The van der Waals surface area contributed by atoms with Crippen LogP contribution in [-0.4, -0.2) is 70.7 Å². The minimum absolute atomic E-state index is 0.0263. The van der Waals surface area contributed by atoms with Crippen molar-refractivity contribution in [3.63, 3.8) is 0 Å². The molecule has 33 heavy (non-hydrogen) atoms. The van der Waals surface area contributed by atoms with Crippen molar-refractivity contribution in [2.75, 3.05) is 26.4 Å². The van der Waals surface area contributed by atoms with Gasteiger partial charge in [-0.2, -0.15) is 0 Å². The zero-order valence-electron chi connectivity index (χ0n) is 23.6. The molecule has 1 heterocycles. The van der Waals surface area contributed by atoms with Crippen molar-refractivity contribution in [3.05, 3.63) is 0 Å². The lowest BCUT2D eigenvalue weighted by Gasteiger charge is -2.45. The molecule has 0 aliphatic carbocycles. The lowest BCUT2D eigenvalue weighted by Crippen LogP contribution is -2.50. The van der Waals surface area contributed by atoms with E-state index >= 15 is 0 Å². The molecule has 1 fully saturated rings. The Morgan fingerprint density at radius 2 is 1.33 bits per heavy atom. The van der Waals surface area contributed by atoms with Gasteiger partial charge in [-0.1, -0.05) is 6.92 Å². The lowest BCUT2D eigenvalue weighted by atomic mass is 9.71. The molecule has 2 N–H and O–H groups in total. The fourth-order valence-corrected chi connectivity index (χ4v) is 4.77. The predicted molar refractivity (Wildman–Crippen MR) is 133 cm³/mol. The zero-order chi connectivity index (χ0) is 25.9. The van der Waals surface area contributed by atoms with Crippen molar-refractivity contribution in [1.82, 2.24) is 0 Å². The maximum absolute atomic E-state index is 10.3. The average molecular weight is 475 g/mol. The van der Waals surface area contributed by atoms with E-state index < -0.39 is 22.4 Å². The molecule has 6 nitrogen and oxygen atoms in total. The number of hydrogen-bond donors (Lipinski definition) is 2. The summed E-state index contributed by atoms with van der Waals surface area (Å²) in [5.74, 6) is 0.707. The summed E-state index contributed by atoms with van der Waals surface area (Å²) in [7, 11) is 0. The van der Waals surface area contributed by atoms with Crippen LogP contribution in [0.1, 0.15) is 95.9 Å². The van der Waals surface area contributed by atoms with Gasteiger partial charge in [-0.15, -0.1) is 0 Å². The summed E-state index contributed by atoms with van der Waals surface area (Å²) in [4.78, 5) is 0. The normalized spacial score (nSPS) is 24.4. The second kappa shape index (κ2) is 11.2. The molecule has 4 atom stereocenters. The third-order valence-corrected chi connectivity index (χ3v) is 6.58. The Bertz CT molecular complexity index is 584. The van der Waals surface area contributed by atoms with Crippen LogP contribution in [0.5, 0.6) is 0 Å². The van der Waals surface area contributed by atoms with Gasteiger partial charge in [-0.05, 0) is 101 Å². The van der Waals surface area contributed by atoms with E-state index in [1.807, 2.05) is 6.92 Å². The summed E-state index contributed by atoms with van der Waals surface area (Å²) in [5.41, 5.74) is -3.04. The summed E-state index contributed by atoms with van der Waals surface area (Å²) in [6.45, 7) is 25.8. The average Bonchev–Trinajstić information content (AvgIpc) is 2.95. The Labute approximate surface area is 203 Å². The molecule has 0 saturated carbocycles. The van der Waals surface area contributed by atoms with Crippen LogP contribution in [0.2, 0.25) is 0 Å². The first-order valence-electron chi connectivity index (χ1n) is 12.7. The van der Waals surface area contributed by atoms with E-state index in [0.717, 1.165) is 12.8 Å². The molecular formula is C27H54O6. The van der Waals surface area contributed by atoms with Crippen LogP contribution in [0.25, 0.3) is 0 Å². The number of ether oxygens (including phenoxy) is 4. The van der Waals surface area contributed by atoms with E-state index in [2.05, 4.69) is 48.5 Å². The van der Waals surface area contributed by atoms with Crippen molar-refractivity contribution < 1.29 is 29.2 Å². The maximum Gasteiger partial charge on any atom is 0.0824 e. The van der Waals surface area contributed by atoms with E-state index in [9.17, 15) is 10.2 Å². The van der Waals surface area contributed by atoms with E-state index in [-0.39, 0.29) is 36.8 Å². The van der Waals surface area contributed by atoms with Crippen LogP contribution < -0.4 is 0 Å². The molecule has 0 aromatic rings. The van der Waals surface area contributed by atoms with Gasteiger partial charge in [0, 0.05) is 19.1 Å². The molecule has 1 rings (SSSR count). The van der Waals surface area contributed by atoms with Crippen molar-refractivity contribution in [3.8, 4) is 0 Å². The third-order valence-electron chi connectivity index (χ3n) is 6.58. The summed E-state index contributed by atoms with van der Waals surface area (Å²) in [5, 5.41) is 20.4. The molecule has 0 amide bonds. The van der Waals surface area contributed by atoms with E-state index in [4.69, 9.17) is 18.9 Å². The van der Waals surface area contributed by atoms with Crippen LogP contribution in [0, 0.1) is 17.8 Å². The SMILES string of the molecule is CCOC(C)(C)CC(C1OCC(C)C1CC(C)(C)OCC(C)(C)O)C(C)(C)OCC(C)(C)O. The zero-order valence-corrected chi connectivity index (χ0v) is 23.6. The van der Waals surface area contributed by atoms with Gasteiger partial charge in [-0.3, -0.25) is 0 Å². The van der Waals surface area contributed by atoms with Crippen molar-refractivity contribution in [2.45, 2.75) is 130 Å². The molecule has 1 aliphatic rings. The van der Waals surface area contributed by atoms with Gasteiger partial charge in [0.1, 0.15) is 0 Å². The molecule has 4 unspecified atom stereocenters. The van der Waals surface area contributed by atoms with Crippen molar-refractivity contribution >= 4 is 0 Å². The van der Waals surface area contributed by atoms with Gasteiger partial charge in [0.05, 0.1) is 47.3 Å². The van der Waals surface area contributed by atoms with Gasteiger partial charge in [0.25, 0.3) is 0 Å². The Kier molecular flexibility index (Phi) is 10.5. The van der Waals surface area contributed by atoms with Crippen LogP contribution in [0.4, 0.5) is 0 Å². The summed E-state index contributed by atoms with van der Waals surface area (Å²) >= 11 is 0. The first kappa shape index (κ1) is 30.8. The fourth-order valence-electron chi connectivity index (χ4n) is 4.77. The molecule has 0 radical (unpaired) electrons. The molecule has 0 aromatic carbocycles. The van der Waals surface area contributed by atoms with Gasteiger partial charge < -0.3 is 29.2 Å². The molecule has 6 heteroatoms. The van der Waals surface area contributed by atoms with Gasteiger partial charge in [0.2, 0.25) is 0 Å². The number of aliphatic hydroxyl groups is 2. The topological polar surface area (TPSA) is 77.4 Å². The second-order valence-corrected chi connectivity index (χ2v) is 13.2. The molecule has 1 saturated heterocycles. The summed E-state index contributed by atoms with van der Waals surface area (Å²) in [6, 6.07) is 0. The first-order chi connectivity index (χ1) is 14.7. The lowest BCUT2D eigenvalue weighted by molar-refractivity contribution is -0.165. The highest BCUT2D eigenvalue weighted by Crippen LogP contribution is 2.45. The molecule has 0 spiro atoms. The number of rotatable bonds is 14. The molecule has 1 aliphatic heterocycles. The summed E-state index contributed by atoms with van der Waals surface area (Å²) < 4.78 is 25.1. The minimum atomic E-state index is -0.909. The largest absolute Gasteiger partial charge is 0.388 e. The van der Waals surface area contributed by atoms with E-state index in [0.29, 0.717) is 19.1 Å². The van der Waals surface area contributed by atoms with Gasteiger partial charge >= 0.3 is 0 Å². The monoisotopic (exact) mass is 474 g/mol. The molecule has 0 bridgehead atoms. The van der Waals surface area contributed by atoms with Gasteiger partial charge in [-0.25, -0.2) is 0 Å². The second-order valence-electron chi connectivity index (χ2n) is 13.2. The Morgan fingerprint density at radius 3 is 1.82 bits per heavy atom. The van der Waals surface area contributed by atoms with Crippen LogP contribution in [0.3, 0.4) is 0 Å². The van der Waals surface area contributed by atoms with Gasteiger partial charge in [0.15, 0.2) is 0 Å². The van der Waals surface area contributed by atoms with E-state index in [1.54, 1.807) is 27.7 Å². The Morgan fingerprint density at radius 1 is 0.818 bits per heavy atom. The van der Waals surface area contributed by atoms with E-state index in [1.165, 1.54) is 0 Å². The molecular weight excluding hydrogens is 420 g/mol.